The summed E-state index contributed by atoms with van der Waals surface area (Å²) in [6, 6.07) is 10.0. The van der Waals surface area contributed by atoms with Crippen molar-refractivity contribution in [1.82, 2.24) is 19.6 Å². The second kappa shape index (κ2) is 5.45. The molecule has 0 saturated carbocycles. The van der Waals surface area contributed by atoms with E-state index < -0.39 is 0 Å². The van der Waals surface area contributed by atoms with Crippen molar-refractivity contribution in [3.05, 3.63) is 59.7 Å². The number of hydrogen-bond donors (Lipinski definition) is 1. The van der Waals surface area contributed by atoms with E-state index in [0.717, 1.165) is 16.9 Å². The molecule has 1 N–H and O–H groups in total. The number of halogens is 1. The lowest BCUT2D eigenvalue weighted by Gasteiger charge is -2.11. The number of aryl methyl sites for hydroxylation is 2. The highest BCUT2D eigenvalue weighted by Crippen LogP contribution is 2.23. The summed E-state index contributed by atoms with van der Waals surface area (Å²) < 4.78 is 20.2. The van der Waals surface area contributed by atoms with E-state index in [9.17, 15) is 4.39 Å². The first-order valence-electron chi connectivity index (χ1n) is 7.41. The van der Waals surface area contributed by atoms with Crippen LogP contribution in [0.4, 0.5) is 15.9 Å². The van der Waals surface area contributed by atoms with E-state index in [2.05, 4.69) is 20.4 Å². The monoisotopic (exact) mass is 323 g/mol. The molecule has 3 heterocycles. The molecular weight excluding hydrogens is 309 g/mol. The topological polar surface area (TPSA) is 68.2 Å². The van der Waals surface area contributed by atoms with Crippen LogP contribution in [0.5, 0.6) is 0 Å². The third kappa shape index (κ3) is 2.50. The molecule has 0 bridgehead atoms. The second-order valence-corrected chi connectivity index (χ2v) is 5.49. The van der Waals surface area contributed by atoms with Crippen molar-refractivity contribution in [2.75, 3.05) is 5.32 Å². The van der Waals surface area contributed by atoms with Crippen molar-refractivity contribution < 1.29 is 8.81 Å². The van der Waals surface area contributed by atoms with Gasteiger partial charge in [-0.05, 0) is 49.7 Å². The van der Waals surface area contributed by atoms with Crippen LogP contribution in [-0.2, 0) is 0 Å². The predicted octanol–water partition coefficient (Wildman–Crippen LogP) is 3.88. The molecule has 3 aromatic heterocycles. The zero-order chi connectivity index (χ0) is 16.7. The third-order valence-corrected chi connectivity index (χ3v) is 3.63. The molecule has 120 valence electrons. The second-order valence-electron chi connectivity index (χ2n) is 5.49. The van der Waals surface area contributed by atoms with Crippen molar-refractivity contribution in [1.29, 1.82) is 0 Å². The molecule has 1 aromatic carbocycles. The molecule has 7 heteroatoms. The highest BCUT2D eigenvalue weighted by Gasteiger charge is 2.14. The molecule has 0 fully saturated rings. The maximum absolute atomic E-state index is 13.3. The lowest BCUT2D eigenvalue weighted by atomic mass is 10.2. The zero-order valence-corrected chi connectivity index (χ0v) is 13.1. The Morgan fingerprint density at radius 1 is 1.12 bits per heavy atom. The fraction of sp³-hybridized carbons (Fsp3) is 0.118. The van der Waals surface area contributed by atoms with Gasteiger partial charge < -0.3 is 9.73 Å². The summed E-state index contributed by atoms with van der Waals surface area (Å²) >= 11 is 0. The summed E-state index contributed by atoms with van der Waals surface area (Å²) in [5.74, 6) is 1.91. The first-order valence-corrected chi connectivity index (χ1v) is 7.41. The van der Waals surface area contributed by atoms with E-state index >= 15 is 0 Å². The molecule has 0 unspecified atom stereocenters. The van der Waals surface area contributed by atoms with Crippen LogP contribution < -0.4 is 5.32 Å². The summed E-state index contributed by atoms with van der Waals surface area (Å²) in [5.41, 5.74) is 2.38. The van der Waals surface area contributed by atoms with Crippen LogP contribution >= 0.6 is 0 Å². The van der Waals surface area contributed by atoms with Gasteiger partial charge >= 0.3 is 0 Å². The summed E-state index contributed by atoms with van der Waals surface area (Å²) in [7, 11) is 0. The minimum Gasteiger partial charge on any atom is -0.461 e. The minimum atomic E-state index is -0.269. The van der Waals surface area contributed by atoms with Gasteiger partial charge in [-0.1, -0.05) is 0 Å². The molecule has 24 heavy (non-hydrogen) atoms. The number of furan rings is 1. The Hall–Kier alpha value is -3.22. The van der Waals surface area contributed by atoms with Crippen LogP contribution in [0.3, 0.4) is 0 Å². The summed E-state index contributed by atoms with van der Waals surface area (Å²) in [4.78, 5) is 8.79. The standard InChI is InChI=1S/C17H14FN5O/c1-10-8-12(18)5-6-13(10)20-15-9-11(2)19-17-21-16(22-23(15)17)14-4-3-7-24-14/h3-9,20H,1-2H3. The van der Waals surface area contributed by atoms with E-state index in [1.807, 2.05) is 19.9 Å². The number of anilines is 2. The number of benzene rings is 1. The van der Waals surface area contributed by atoms with E-state index in [1.165, 1.54) is 12.1 Å². The number of nitrogens with zero attached hydrogens (tertiary/aromatic N) is 4. The van der Waals surface area contributed by atoms with E-state index in [4.69, 9.17) is 4.42 Å². The molecule has 0 amide bonds. The lowest BCUT2D eigenvalue weighted by molar-refractivity contribution is 0.577. The Bertz CT molecular complexity index is 1020. The highest BCUT2D eigenvalue weighted by molar-refractivity contribution is 5.63. The average Bonchev–Trinajstić information content (AvgIpc) is 3.18. The first-order chi connectivity index (χ1) is 11.6. The van der Waals surface area contributed by atoms with Crippen LogP contribution in [0.25, 0.3) is 17.4 Å². The van der Waals surface area contributed by atoms with Crippen LogP contribution in [0, 0.1) is 19.7 Å². The molecule has 0 saturated heterocycles. The van der Waals surface area contributed by atoms with Crippen LogP contribution in [0.15, 0.2) is 47.1 Å². The molecule has 4 rings (SSSR count). The maximum atomic E-state index is 13.3. The van der Waals surface area contributed by atoms with Crippen LogP contribution in [0.1, 0.15) is 11.3 Å². The molecule has 0 aliphatic carbocycles. The molecule has 0 spiro atoms. The van der Waals surface area contributed by atoms with Gasteiger partial charge in [0.05, 0.1) is 6.26 Å². The van der Waals surface area contributed by atoms with Gasteiger partial charge in [0, 0.05) is 17.4 Å². The third-order valence-electron chi connectivity index (χ3n) is 3.63. The van der Waals surface area contributed by atoms with Gasteiger partial charge in [-0.15, -0.1) is 5.10 Å². The fourth-order valence-electron chi connectivity index (χ4n) is 2.49. The Labute approximate surface area is 137 Å². The molecule has 0 radical (unpaired) electrons. The number of rotatable bonds is 3. The number of nitrogens with one attached hydrogen (secondary N) is 1. The van der Waals surface area contributed by atoms with Gasteiger partial charge in [0.2, 0.25) is 5.82 Å². The molecule has 6 nitrogen and oxygen atoms in total. The number of hydrogen-bond acceptors (Lipinski definition) is 5. The van der Waals surface area contributed by atoms with Gasteiger partial charge in [-0.3, -0.25) is 0 Å². The average molecular weight is 323 g/mol. The largest absolute Gasteiger partial charge is 0.461 e. The van der Waals surface area contributed by atoms with E-state index in [-0.39, 0.29) is 5.82 Å². The van der Waals surface area contributed by atoms with Crippen molar-refractivity contribution in [2.45, 2.75) is 13.8 Å². The van der Waals surface area contributed by atoms with Gasteiger partial charge in [0.25, 0.3) is 5.78 Å². The fourth-order valence-corrected chi connectivity index (χ4v) is 2.49. The van der Waals surface area contributed by atoms with Crippen molar-refractivity contribution in [3.8, 4) is 11.6 Å². The SMILES string of the molecule is Cc1cc(Nc2ccc(F)cc2C)n2nc(-c3ccco3)nc2n1. The Morgan fingerprint density at radius 2 is 2.00 bits per heavy atom. The van der Waals surface area contributed by atoms with Gasteiger partial charge in [-0.2, -0.15) is 9.50 Å². The first kappa shape index (κ1) is 14.4. The van der Waals surface area contributed by atoms with Crippen molar-refractivity contribution in [3.63, 3.8) is 0 Å². The number of aromatic nitrogens is 4. The predicted molar refractivity (Wildman–Crippen MR) is 87.6 cm³/mol. The normalized spacial score (nSPS) is 11.1. The minimum absolute atomic E-state index is 0.269. The van der Waals surface area contributed by atoms with E-state index in [0.29, 0.717) is 23.2 Å². The molecule has 0 aliphatic heterocycles. The molecule has 0 aliphatic rings. The molecule has 4 aromatic rings. The quantitative estimate of drug-likeness (QED) is 0.619. The van der Waals surface area contributed by atoms with Crippen LogP contribution in [0.2, 0.25) is 0 Å². The van der Waals surface area contributed by atoms with Gasteiger partial charge in [0.1, 0.15) is 11.6 Å². The molecular formula is C17H14FN5O. The highest BCUT2D eigenvalue weighted by atomic mass is 19.1. The van der Waals surface area contributed by atoms with Crippen LogP contribution in [-0.4, -0.2) is 19.6 Å². The van der Waals surface area contributed by atoms with Gasteiger partial charge in [0.15, 0.2) is 5.76 Å². The van der Waals surface area contributed by atoms with E-state index in [1.54, 1.807) is 29.0 Å². The summed E-state index contributed by atoms with van der Waals surface area (Å²) in [6.07, 6.45) is 1.57. The Balaban J connectivity index is 1.82. The number of fused-ring (bicyclic) bond motifs is 1. The summed E-state index contributed by atoms with van der Waals surface area (Å²) in [5, 5.41) is 7.72. The Morgan fingerprint density at radius 3 is 2.75 bits per heavy atom. The Kier molecular flexibility index (Phi) is 3.26. The van der Waals surface area contributed by atoms with Crippen molar-refractivity contribution >= 4 is 17.3 Å². The lowest BCUT2D eigenvalue weighted by Crippen LogP contribution is -2.03. The molecule has 0 atom stereocenters. The van der Waals surface area contributed by atoms with Crippen molar-refractivity contribution in [2.24, 2.45) is 0 Å². The summed E-state index contributed by atoms with van der Waals surface area (Å²) in [6.45, 7) is 3.72. The smallest absolute Gasteiger partial charge is 0.255 e. The zero-order valence-electron chi connectivity index (χ0n) is 13.1. The van der Waals surface area contributed by atoms with Gasteiger partial charge in [-0.25, -0.2) is 9.37 Å². The maximum Gasteiger partial charge on any atom is 0.255 e.